The number of aryl methyl sites for hydroxylation is 1. The second-order valence-corrected chi connectivity index (χ2v) is 5.35. The quantitative estimate of drug-likeness (QED) is 0.508. The second-order valence-electron chi connectivity index (χ2n) is 3.58. The molecule has 90 valence electrons. The molecular weight excluding hydrogens is 214 g/mol. The summed E-state index contributed by atoms with van der Waals surface area (Å²) >= 11 is 1.81. The van der Waals surface area contributed by atoms with Crippen LogP contribution < -0.4 is 0 Å². The van der Waals surface area contributed by atoms with Gasteiger partial charge in [-0.25, -0.2) is 4.99 Å². The zero-order valence-corrected chi connectivity index (χ0v) is 12.1. The summed E-state index contributed by atoms with van der Waals surface area (Å²) in [4.78, 5) is 4.58. The van der Waals surface area contributed by atoms with Crippen molar-refractivity contribution in [3.63, 3.8) is 0 Å². The SMILES string of the molecule is CC.CC(=Nc1ccccc1C)SC(C)C. The molecule has 1 aromatic rings. The summed E-state index contributed by atoms with van der Waals surface area (Å²) in [5, 5.41) is 1.73. The van der Waals surface area contributed by atoms with Crippen molar-refractivity contribution < 1.29 is 0 Å². The molecule has 0 amide bonds. The zero-order chi connectivity index (χ0) is 12.6. The van der Waals surface area contributed by atoms with Gasteiger partial charge in [-0.05, 0) is 25.5 Å². The van der Waals surface area contributed by atoms with Gasteiger partial charge < -0.3 is 0 Å². The van der Waals surface area contributed by atoms with E-state index in [2.05, 4.69) is 44.8 Å². The fraction of sp³-hybridized carbons (Fsp3) is 0.500. The lowest BCUT2D eigenvalue weighted by Gasteiger charge is -2.05. The minimum absolute atomic E-state index is 0.600. The number of rotatable bonds is 2. The number of nitrogens with zero attached hydrogens (tertiary/aromatic N) is 1. The van der Waals surface area contributed by atoms with Gasteiger partial charge >= 0.3 is 0 Å². The van der Waals surface area contributed by atoms with E-state index in [1.165, 1.54) is 5.56 Å². The first-order valence-corrected chi connectivity index (χ1v) is 6.75. The summed E-state index contributed by atoms with van der Waals surface area (Å²) in [6.45, 7) is 12.5. The van der Waals surface area contributed by atoms with Gasteiger partial charge in [0.05, 0.1) is 10.7 Å². The van der Waals surface area contributed by atoms with Crippen molar-refractivity contribution in [3.05, 3.63) is 29.8 Å². The summed E-state index contributed by atoms with van der Waals surface area (Å²) in [7, 11) is 0. The molecule has 0 atom stereocenters. The van der Waals surface area contributed by atoms with Crippen LogP contribution in [-0.4, -0.2) is 10.3 Å². The van der Waals surface area contributed by atoms with Crippen LogP contribution in [-0.2, 0) is 0 Å². The van der Waals surface area contributed by atoms with Gasteiger partial charge in [-0.15, -0.1) is 11.8 Å². The molecule has 0 saturated heterocycles. The first kappa shape index (κ1) is 15.2. The third kappa shape index (κ3) is 5.96. The molecule has 1 rings (SSSR count). The van der Waals surface area contributed by atoms with Crippen molar-refractivity contribution in [2.24, 2.45) is 4.99 Å². The molecule has 1 aromatic carbocycles. The van der Waals surface area contributed by atoms with Crippen LogP contribution in [0.4, 0.5) is 5.69 Å². The number of hydrogen-bond acceptors (Lipinski definition) is 2. The van der Waals surface area contributed by atoms with Crippen LogP contribution in [0.5, 0.6) is 0 Å². The zero-order valence-electron chi connectivity index (χ0n) is 11.2. The molecule has 0 aliphatic heterocycles. The van der Waals surface area contributed by atoms with Gasteiger partial charge in [-0.3, -0.25) is 0 Å². The van der Waals surface area contributed by atoms with Crippen molar-refractivity contribution in [2.45, 2.75) is 46.8 Å². The Morgan fingerprint density at radius 2 is 1.75 bits per heavy atom. The number of hydrogen-bond donors (Lipinski definition) is 0. The molecule has 0 unspecified atom stereocenters. The molecule has 0 heterocycles. The Morgan fingerprint density at radius 1 is 1.19 bits per heavy atom. The molecule has 0 N–H and O–H groups in total. The van der Waals surface area contributed by atoms with Crippen LogP contribution in [0.2, 0.25) is 0 Å². The van der Waals surface area contributed by atoms with E-state index in [0.717, 1.165) is 10.7 Å². The lowest BCUT2D eigenvalue weighted by Crippen LogP contribution is -1.92. The lowest BCUT2D eigenvalue weighted by atomic mass is 10.2. The second kappa shape index (κ2) is 8.40. The van der Waals surface area contributed by atoms with Gasteiger partial charge in [0, 0.05) is 5.25 Å². The van der Waals surface area contributed by atoms with Gasteiger partial charge in [-0.2, -0.15) is 0 Å². The summed E-state index contributed by atoms with van der Waals surface area (Å²) in [5.41, 5.74) is 2.31. The first-order chi connectivity index (χ1) is 7.59. The van der Waals surface area contributed by atoms with Gasteiger partial charge in [0.2, 0.25) is 0 Å². The highest BCUT2D eigenvalue weighted by Gasteiger charge is 1.99. The Bertz CT molecular complexity index is 329. The van der Waals surface area contributed by atoms with E-state index in [1.54, 1.807) is 0 Å². The van der Waals surface area contributed by atoms with Crippen molar-refractivity contribution in [1.29, 1.82) is 0 Å². The number of para-hydroxylation sites is 1. The van der Waals surface area contributed by atoms with E-state index >= 15 is 0 Å². The molecule has 0 radical (unpaired) electrons. The maximum Gasteiger partial charge on any atom is 0.0710 e. The van der Waals surface area contributed by atoms with Gasteiger partial charge in [0.15, 0.2) is 0 Å². The molecule has 0 aliphatic carbocycles. The Labute approximate surface area is 104 Å². The van der Waals surface area contributed by atoms with Crippen LogP contribution in [0.15, 0.2) is 29.3 Å². The van der Waals surface area contributed by atoms with Crippen molar-refractivity contribution in [1.82, 2.24) is 0 Å². The average molecular weight is 237 g/mol. The Balaban J connectivity index is 0.00000106. The Hall–Kier alpha value is -0.760. The molecule has 0 spiro atoms. The fourth-order valence-corrected chi connectivity index (χ4v) is 2.06. The summed E-state index contributed by atoms with van der Waals surface area (Å²) in [5.74, 6) is 0. The van der Waals surface area contributed by atoms with Gasteiger partial charge in [0.1, 0.15) is 0 Å². The minimum atomic E-state index is 0.600. The predicted molar refractivity (Wildman–Crippen MR) is 78.0 cm³/mol. The molecule has 2 heteroatoms. The van der Waals surface area contributed by atoms with E-state index in [9.17, 15) is 0 Å². The number of aliphatic imine (C=N–C) groups is 1. The molecule has 1 nitrogen and oxygen atoms in total. The van der Waals surface area contributed by atoms with E-state index in [0.29, 0.717) is 5.25 Å². The third-order valence-corrected chi connectivity index (χ3v) is 2.70. The lowest BCUT2D eigenvalue weighted by molar-refractivity contribution is 1.12. The molecule has 0 saturated carbocycles. The Kier molecular flexibility index (Phi) is 8.00. The smallest absolute Gasteiger partial charge is 0.0710 e. The van der Waals surface area contributed by atoms with E-state index in [1.807, 2.05) is 37.7 Å². The fourth-order valence-electron chi connectivity index (χ4n) is 1.23. The van der Waals surface area contributed by atoms with E-state index < -0.39 is 0 Å². The highest BCUT2D eigenvalue weighted by atomic mass is 32.2. The van der Waals surface area contributed by atoms with Crippen LogP contribution in [0, 0.1) is 6.92 Å². The highest BCUT2D eigenvalue weighted by Crippen LogP contribution is 2.21. The number of benzene rings is 1. The molecule has 0 bridgehead atoms. The predicted octanol–water partition coefficient (Wildman–Crippen LogP) is 5.21. The minimum Gasteiger partial charge on any atom is -0.247 e. The van der Waals surface area contributed by atoms with Gasteiger partial charge in [0.25, 0.3) is 0 Å². The number of thioether (sulfide) groups is 1. The Morgan fingerprint density at radius 3 is 2.25 bits per heavy atom. The molecule has 0 aliphatic rings. The van der Waals surface area contributed by atoms with Crippen molar-refractivity contribution >= 4 is 22.5 Å². The normalized spacial score (nSPS) is 11.1. The maximum atomic E-state index is 4.58. The molecule has 0 fully saturated rings. The summed E-state index contributed by atoms with van der Waals surface area (Å²) < 4.78 is 0. The molecular formula is C14H23NS. The van der Waals surface area contributed by atoms with Crippen LogP contribution in [0.3, 0.4) is 0 Å². The maximum absolute atomic E-state index is 4.58. The average Bonchev–Trinajstić information content (AvgIpc) is 2.23. The summed E-state index contributed by atoms with van der Waals surface area (Å²) in [6.07, 6.45) is 0. The highest BCUT2D eigenvalue weighted by molar-refractivity contribution is 8.14. The van der Waals surface area contributed by atoms with Crippen LogP contribution >= 0.6 is 11.8 Å². The van der Waals surface area contributed by atoms with Crippen molar-refractivity contribution in [2.75, 3.05) is 0 Å². The molecule has 16 heavy (non-hydrogen) atoms. The van der Waals surface area contributed by atoms with Crippen LogP contribution in [0.25, 0.3) is 0 Å². The van der Waals surface area contributed by atoms with Crippen LogP contribution in [0.1, 0.15) is 40.2 Å². The first-order valence-electron chi connectivity index (χ1n) is 5.87. The summed E-state index contributed by atoms with van der Waals surface area (Å²) in [6, 6.07) is 8.21. The largest absolute Gasteiger partial charge is 0.247 e. The van der Waals surface area contributed by atoms with E-state index in [-0.39, 0.29) is 0 Å². The van der Waals surface area contributed by atoms with Gasteiger partial charge in [-0.1, -0.05) is 45.9 Å². The monoisotopic (exact) mass is 237 g/mol. The topological polar surface area (TPSA) is 12.4 Å². The third-order valence-electron chi connectivity index (χ3n) is 1.80. The van der Waals surface area contributed by atoms with Crippen molar-refractivity contribution in [3.8, 4) is 0 Å². The van der Waals surface area contributed by atoms with E-state index in [4.69, 9.17) is 0 Å². The molecule has 0 aromatic heterocycles. The standard InChI is InChI=1S/C12H17NS.C2H6/c1-9(2)14-11(4)13-12-8-6-5-7-10(12)3;1-2/h5-9H,1-4H3;1-2H3.